The first-order chi connectivity index (χ1) is 40.0. The molecular formula is C68H96N2O16. The average molecular weight is 1200 g/mol. The molecule has 3 unspecified atom stereocenters. The molecule has 0 bridgehead atoms. The maximum atomic E-state index is 14.1. The molecule has 0 aliphatic heterocycles. The first-order valence-corrected chi connectivity index (χ1v) is 28.1. The molecule has 0 saturated carbocycles. The second-order valence-electron chi connectivity index (χ2n) is 23.5. The number of aromatic hydroxyl groups is 9. The van der Waals surface area contributed by atoms with Crippen LogP contribution in [0.15, 0.2) is 121 Å². The molecule has 86 heavy (non-hydrogen) atoms. The number of nitrogens with two attached hydrogens (primary N) is 1. The number of hydrogen-bond donors (Lipinski definition) is 14. The Morgan fingerprint density at radius 3 is 1.22 bits per heavy atom. The number of amides is 1. The van der Waals surface area contributed by atoms with Crippen molar-refractivity contribution < 1.29 is 80.5 Å². The lowest BCUT2D eigenvalue weighted by Crippen LogP contribution is -2.47. The molecule has 6 rings (SSSR count). The van der Waals surface area contributed by atoms with Gasteiger partial charge in [-0.25, -0.2) is 0 Å². The van der Waals surface area contributed by atoms with Crippen LogP contribution in [0.25, 0.3) is 0 Å². The zero-order valence-electron chi connectivity index (χ0n) is 52.7. The molecule has 0 aliphatic rings. The number of aliphatic carboxylic acids is 1. The lowest BCUT2D eigenvalue weighted by molar-refractivity contribution is -0.138. The number of phenols is 9. The minimum atomic E-state index is -1.10. The quantitative estimate of drug-likeness (QED) is 0.0400. The molecular weight excluding hydrogens is 1100 g/mol. The molecule has 18 nitrogen and oxygen atoms in total. The van der Waals surface area contributed by atoms with E-state index in [4.69, 9.17) is 36.4 Å². The van der Waals surface area contributed by atoms with Crippen LogP contribution < -0.4 is 11.1 Å². The number of carboxylic acids is 1. The van der Waals surface area contributed by atoms with Crippen LogP contribution in [0.1, 0.15) is 128 Å². The second kappa shape index (κ2) is 37.2. The van der Waals surface area contributed by atoms with Crippen LogP contribution in [0.5, 0.6) is 51.7 Å². The number of ketones is 2. The molecule has 6 aromatic carbocycles. The summed E-state index contributed by atoms with van der Waals surface area (Å²) in [5, 5.41) is 112. The van der Waals surface area contributed by atoms with Crippen molar-refractivity contribution in [3.05, 3.63) is 160 Å². The van der Waals surface area contributed by atoms with Crippen molar-refractivity contribution in [3.8, 4) is 51.7 Å². The molecule has 4 atom stereocenters. The first kappa shape index (κ1) is 77.7. The molecule has 15 N–H and O–H groups in total. The van der Waals surface area contributed by atoms with Gasteiger partial charge in [-0.3, -0.25) is 19.2 Å². The van der Waals surface area contributed by atoms with Crippen molar-refractivity contribution in [2.75, 3.05) is 14.2 Å². The SMILES string of the molecule is CC.CC(C)(C)c1ccc(O)c(O)c1.CO.CO.Cc1ccc(CC(CC(=O)C(Cc2ccc(O)c(O)c2)NC(=O)C(Cc2ccc(O)c(O)c2)CC(C)(C)C)C(=O)C(C)(C)C)cc1O.Cc1ccccc1.N[C@@H](Cc1ccc(O)c(O)c1)C(=O)O. The molecule has 0 radical (unpaired) electrons. The summed E-state index contributed by atoms with van der Waals surface area (Å²) in [4.78, 5) is 52.2. The molecule has 0 fully saturated rings. The minimum absolute atomic E-state index is 0.00238. The zero-order valence-corrected chi connectivity index (χ0v) is 52.7. The minimum Gasteiger partial charge on any atom is -0.508 e. The third-order valence-electron chi connectivity index (χ3n) is 12.8. The highest BCUT2D eigenvalue weighted by atomic mass is 16.4. The number of phenolic OH excluding ortho intramolecular Hbond substituents is 9. The van der Waals surface area contributed by atoms with Crippen LogP contribution in [0.4, 0.5) is 0 Å². The Balaban J connectivity index is 0.00000148. The van der Waals surface area contributed by atoms with Gasteiger partial charge in [0.15, 0.2) is 51.8 Å². The van der Waals surface area contributed by atoms with Crippen LogP contribution in [0, 0.1) is 36.5 Å². The third-order valence-corrected chi connectivity index (χ3v) is 12.8. The smallest absolute Gasteiger partial charge is 0.320 e. The van der Waals surface area contributed by atoms with E-state index in [-0.39, 0.29) is 106 Å². The predicted octanol–water partition coefficient (Wildman–Crippen LogP) is 11.0. The van der Waals surface area contributed by atoms with Gasteiger partial charge < -0.3 is 72.3 Å². The summed E-state index contributed by atoms with van der Waals surface area (Å²) in [5.74, 6) is -5.12. The van der Waals surface area contributed by atoms with Crippen LogP contribution in [-0.2, 0) is 50.3 Å². The molecule has 0 heterocycles. The maximum absolute atomic E-state index is 14.1. The summed E-state index contributed by atoms with van der Waals surface area (Å²) < 4.78 is 0. The van der Waals surface area contributed by atoms with E-state index < -0.39 is 41.2 Å². The number of carbonyl (C=O) groups is 4. The van der Waals surface area contributed by atoms with Gasteiger partial charge in [0, 0.05) is 37.9 Å². The topological polar surface area (TPSA) is 349 Å². The van der Waals surface area contributed by atoms with Gasteiger partial charge in [-0.1, -0.05) is 148 Å². The molecule has 1 amide bonds. The van der Waals surface area contributed by atoms with E-state index in [1.807, 2.05) is 65.0 Å². The van der Waals surface area contributed by atoms with Crippen molar-refractivity contribution in [1.29, 1.82) is 0 Å². The van der Waals surface area contributed by atoms with E-state index in [2.05, 4.69) is 45.1 Å². The summed E-state index contributed by atoms with van der Waals surface area (Å²) in [7, 11) is 2.00. The van der Waals surface area contributed by atoms with Gasteiger partial charge in [0.25, 0.3) is 0 Å². The van der Waals surface area contributed by atoms with Crippen molar-refractivity contribution in [2.45, 2.75) is 146 Å². The highest BCUT2D eigenvalue weighted by molar-refractivity contribution is 5.95. The highest BCUT2D eigenvalue weighted by Gasteiger charge is 2.35. The van der Waals surface area contributed by atoms with Crippen molar-refractivity contribution in [1.82, 2.24) is 5.32 Å². The molecule has 0 saturated heterocycles. The van der Waals surface area contributed by atoms with Crippen LogP contribution in [0.2, 0.25) is 0 Å². The second-order valence-corrected chi connectivity index (χ2v) is 23.5. The standard InChI is InChI=1S/C38H49NO8.C10H14O2.C9H11NO4.C7H8.C2H6.2CH4O/c1-22-8-9-23(17-31(22)42)14-26(35(46)38(5,6)7)20-32(43)28(16-25-11-13-30(41)34(45)19-25)39-36(47)27(21-37(2,3)4)15-24-10-12-29(40)33(44)18-24;1-10(2,3)7-4-5-8(11)9(12)6-7;10-6(9(13)14)3-5-1-2-7(11)8(12)4-5;1-7-5-3-2-4-6-7;3*1-2/h8-13,17-19,26-28,40-42,44-45H,14-16,20-21H2,1-7H3,(H,39,47);4-6,11-12H,1-3H3;1-2,4,6,11-12H,3,10H2,(H,13,14);2-6H,1H3;1-2H3;2*2H,1H3/t;;6-;;;;/m..0..../s1. The van der Waals surface area contributed by atoms with Gasteiger partial charge >= 0.3 is 5.97 Å². The summed E-state index contributed by atoms with van der Waals surface area (Å²) >= 11 is 0. The highest BCUT2D eigenvalue weighted by Crippen LogP contribution is 2.34. The first-order valence-electron chi connectivity index (χ1n) is 28.1. The number of aryl methyl sites for hydroxylation is 2. The number of benzene rings is 6. The number of nitrogens with one attached hydrogen (secondary N) is 1. The number of rotatable bonds is 16. The predicted molar refractivity (Wildman–Crippen MR) is 337 cm³/mol. The van der Waals surface area contributed by atoms with Crippen LogP contribution in [-0.4, -0.2) is 111 Å². The fraction of sp³-hybridized carbons (Fsp3) is 0.412. The van der Waals surface area contributed by atoms with Crippen molar-refractivity contribution in [3.63, 3.8) is 0 Å². The summed E-state index contributed by atoms with van der Waals surface area (Å²) in [5.41, 5.74) is 9.69. The number of aliphatic hydroxyl groups is 2. The molecule has 0 spiro atoms. The van der Waals surface area contributed by atoms with Gasteiger partial charge in [0.05, 0.1) is 6.04 Å². The Bertz CT molecular complexity index is 3030. The van der Waals surface area contributed by atoms with Crippen LogP contribution >= 0.6 is 0 Å². The lowest BCUT2D eigenvalue weighted by atomic mass is 9.77. The summed E-state index contributed by atoms with van der Waals surface area (Å²) in [6, 6.07) is 31.0. The lowest BCUT2D eigenvalue weighted by Gasteiger charge is -2.29. The number of Topliss-reactive ketones (excluding diaryl/α,β-unsaturated/α-hetero) is 2. The Kier molecular flexibility index (Phi) is 33.6. The van der Waals surface area contributed by atoms with E-state index in [9.17, 15) is 49.8 Å². The van der Waals surface area contributed by atoms with E-state index in [0.29, 0.717) is 34.2 Å². The molecule has 6 aromatic rings. The van der Waals surface area contributed by atoms with E-state index in [0.717, 1.165) is 19.8 Å². The van der Waals surface area contributed by atoms with Gasteiger partial charge in [-0.2, -0.15) is 0 Å². The monoisotopic (exact) mass is 1200 g/mol. The number of aliphatic hydroxyl groups excluding tert-OH is 2. The fourth-order valence-electron chi connectivity index (χ4n) is 8.33. The Labute approximate surface area is 507 Å². The summed E-state index contributed by atoms with van der Waals surface area (Å²) in [6.07, 6.45) is 0.845. The zero-order chi connectivity index (χ0) is 66.4. The number of carbonyl (C=O) groups excluding carboxylic acids is 3. The van der Waals surface area contributed by atoms with E-state index >= 15 is 0 Å². The molecule has 474 valence electrons. The van der Waals surface area contributed by atoms with Gasteiger partial charge in [-0.15, -0.1) is 0 Å². The van der Waals surface area contributed by atoms with Gasteiger partial charge in [0.1, 0.15) is 17.6 Å². The summed E-state index contributed by atoms with van der Waals surface area (Å²) in [6.45, 7) is 25.4. The third kappa shape index (κ3) is 28.5. The Morgan fingerprint density at radius 2 is 0.860 bits per heavy atom. The van der Waals surface area contributed by atoms with Gasteiger partial charge in [-0.05, 0) is 145 Å². The van der Waals surface area contributed by atoms with Crippen molar-refractivity contribution >= 4 is 23.4 Å². The van der Waals surface area contributed by atoms with Crippen molar-refractivity contribution in [2.24, 2.45) is 28.4 Å². The number of hydrogen-bond acceptors (Lipinski definition) is 16. The number of carboxylic acid groups (broad SMARTS) is 1. The fourth-order valence-corrected chi connectivity index (χ4v) is 8.33. The maximum Gasteiger partial charge on any atom is 0.320 e. The molecule has 18 heteroatoms. The normalized spacial score (nSPS) is 12.1. The largest absolute Gasteiger partial charge is 0.508 e. The molecule has 0 aliphatic carbocycles. The van der Waals surface area contributed by atoms with Crippen LogP contribution in [0.3, 0.4) is 0 Å². The average Bonchev–Trinajstić information content (AvgIpc) is 3.47. The van der Waals surface area contributed by atoms with E-state index in [1.165, 1.54) is 54.1 Å². The Hall–Kier alpha value is -8.32. The van der Waals surface area contributed by atoms with Gasteiger partial charge in [0.2, 0.25) is 5.91 Å². The van der Waals surface area contributed by atoms with E-state index in [1.54, 1.807) is 58.0 Å². The molecule has 0 aromatic heterocycles. The Morgan fingerprint density at radius 1 is 0.477 bits per heavy atom.